The average molecular weight is 463 g/mol. The summed E-state index contributed by atoms with van der Waals surface area (Å²) in [5.41, 5.74) is 1.19. The van der Waals surface area contributed by atoms with E-state index in [0.717, 1.165) is 5.56 Å². The molecule has 8 heteroatoms. The van der Waals surface area contributed by atoms with E-state index in [1.54, 1.807) is 26.8 Å². The molecule has 2 aromatic carbocycles. The number of anilines is 1. The number of hydrogen-bond donors (Lipinski definition) is 1. The van der Waals surface area contributed by atoms with Gasteiger partial charge in [0.1, 0.15) is 18.2 Å². The number of para-hydroxylation sites is 1. The fourth-order valence-electron chi connectivity index (χ4n) is 3.39. The zero-order chi connectivity index (χ0) is 22.8. The molecule has 0 saturated carbocycles. The van der Waals surface area contributed by atoms with Crippen molar-refractivity contribution in [1.82, 2.24) is 5.32 Å². The van der Waals surface area contributed by atoms with Crippen molar-refractivity contribution in [2.45, 2.75) is 45.3 Å². The van der Waals surface area contributed by atoms with Crippen LogP contribution in [0.5, 0.6) is 0 Å². The molecule has 0 bridgehead atoms. The maximum atomic E-state index is 13.4. The van der Waals surface area contributed by atoms with Gasteiger partial charge in [0.15, 0.2) is 0 Å². The minimum Gasteiger partial charge on any atom is -0.459 e. The molecular formula is C23H24Cl2N2O4. The van der Waals surface area contributed by atoms with Gasteiger partial charge in [-0.05, 0) is 63.4 Å². The first-order chi connectivity index (χ1) is 14.5. The first kappa shape index (κ1) is 23.1. The average Bonchev–Trinajstić information content (AvgIpc) is 2.81. The Morgan fingerprint density at radius 1 is 1.13 bits per heavy atom. The van der Waals surface area contributed by atoms with Gasteiger partial charge in [-0.1, -0.05) is 41.4 Å². The second-order valence-corrected chi connectivity index (χ2v) is 9.15. The molecule has 0 aromatic heterocycles. The topological polar surface area (TPSA) is 75.7 Å². The molecule has 1 heterocycles. The molecule has 0 fully saturated rings. The van der Waals surface area contributed by atoms with Crippen molar-refractivity contribution in [3.8, 4) is 0 Å². The van der Waals surface area contributed by atoms with E-state index in [2.05, 4.69) is 5.32 Å². The van der Waals surface area contributed by atoms with Crippen LogP contribution in [-0.2, 0) is 20.7 Å². The van der Waals surface area contributed by atoms with Crippen LogP contribution in [0.2, 0.25) is 10.0 Å². The third kappa shape index (κ3) is 5.77. The summed E-state index contributed by atoms with van der Waals surface area (Å²) < 4.78 is 5.41. The highest BCUT2D eigenvalue weighted by Crippen LogP contribution is 2.28. The van der Waals surface area contributed by atoms with Crippen LogP contribution in [0.3, 0.4) is 0 Å². The number of benzene rings is 2. The Balaban J connectivity index is 1.84. The van der Waals surface area contributed by atoms with E-state index in [1.165, 1.54) is 23.1 Å². The Morgan fingerprint density at radius 2 is 1.84 bits per heavy atom. The summed E-state index contributed by atoms with van der Waals surface area (Å²) in [6.45, 7) is 5.06. The van der Waals surface area contributed by atoms with Crippen molar-refractivity contribution in [1.29, 1.82) is 0 Å². The molecule has 1 atom stereocenters. The van der Waals surface area contributed by atoms with Gasteiger partial charge in [0.2, 0.25) is 5.91 Å². The van der Waals surface area contributed by atoms with Gasteiger partial charge in [-0.25, -0.2) is 0 Å². The van der Waals surface area contributed by atoms with Gasteiger partial charge in [0.05, 0.1) is 10.0 Å². The lowest BCUT2D eigenvalue weighted by atomic mass is 10.1. The number of fused-ring (bicyclic) bond motifs is 1. The lowest BCUT2D eigenvalue weighted by Gasteiger charge is -2.27. The third-order valence-corrected chi connectivity index (χ3v) is 5.48. The van der Waals surface area contributed by atoms with Crippen LogP contribution in [-0.4, -0.2) is 36.0 Å². The van der Waals surface area contributed by atoms with Crippen LogP contribution in [0.4, 0.5) is 5.69 Å². The van der Waals surface area contributed by atoms with E-state index in [1.807, 2.05) is 18.2 Å². The molecule has 164 valence electrons. The van der Waals surface area contributed by atoms with Gasteiger partial charge < -0.3 is 10.1 Å². The fourth-order valence-corrected chi connectivity index (χ4v) is 3.69. The molecule has 6 nitrogen and oxygen atoms in total. The van der Waals surface area contributed by atoms with Crippen molar-refractivity contribution in [3.63, 3.8) is 0 Å². The van der Waals surface area contributed by atoms with Crippen molar-refractivity contribution in [2.24, 2.45) is 0 Å². The van der Waals surface area contributed by atoms with Crippen LogP contribution in [0.1, 0.15) is 43.1 Å². The molecule has 2 aromatic rings. The number of carbonyl (C=O) groups excluding carboxylic acids is 3. The smallest absolute Gasteiger partial charge is 0.326 e. The molecule has 0 aliphatic carbocycles. The minimum atomic E-state index is -0.809. The van der Waals surface area contributed by atoms with Crippen molar-refractivity contribution in [3.05, 3.63) is 63.6 Å². The highest BCUT2D eigenvalue weighted by molar-refractivity contribution is 6.42. The molecule has 0 radical (unpaired) electrons. The number of hydrogen-bond acceptors (Lipinski definition) is 4. The summed E-state index contributed by atoms with van der Waals surface area (Å²) in [4.78, 5) is 40.0. The van der Waals surface area contributed by atoms with Crippen molar-refractivity contribution < 1.29 is 19.1 Å². The normalized spacial score (nSPS) is 16.4. The number of ether oxygens (including phenoxy) is 1. The zero-order valence-corrected chi connectivity index (χ0v) is 19.1. The van der Waals surface area contributed by atoms with Gasteiger partial charge in [-0.3, -0.25) is 19.3 Å². The SMILES string of the molecule is CC(C)(C)OC(=O)CN1C(=O)C(NC(=O)c2ccc(Cl)c(Cl)c2)CCc2ccccc21. The van der Waals surface area contributed by atoms with Crippen molar-refractivity contribution in [2.75, 3.05) is 11.4 Å². The van der Waals surface area contributed by atoms with Crippen LogP contribution in [0, 0.1) is 0 Å². The van der Waals surface area contributed by atoms with E-state index in [0.29, 0.717) is 29.1 Å². The molecule has 1 N–H and O–H groups in total. The van der Waals surface area contributed by atoms with Gasteiger partial charge in [-0.15, -0.1) is 0 Å². The fraction of sp³-hybridized carbons (Fsp3) is 0.348. The Labute approximate surface area is 191 Å². The number of carbonyl (C=O) groups is 3. The maximum absolute atomic E-state index is 13.4. The lowest BCUT2D eigenvalue weighted by Crippen LogP contribution is -2.50. The third-order valence-electron chi connectivity index (χ3n) is 4.74. The number of aryl methyl sites for hydroxylation is 1. The molecular weight excluding hydrogens is 439 g/mol. The van der Waals surface area contributed by atoms with Crippen LogP contribution in [0.25, 0.3) is 0 Å². The number of nitrogens with one attached hydrogen (secondary N) is 1. The maximum Gasteiger partial charge on any atom is 0.326 e. The summed E-state index contributed by atoms with van der Waals surface area (Å²) in [6, 6.07) is 11.1. The second kappa shape index (κ2) is 9.28. The van der Waals surface area contributed by atoms with E-state index in [9.17, 15) is 14.4 Å². The molecule has 31 heavy (non-hydrogen) atoms. The second-order valence-electron chi connectivity index (χ2n) is 8.33. The van der Waals surface area contributed by atoms with Crippen LogP contribution < -0.4 is 10.2 Å². The lowest BCUT2D eigenvalue weighted by molar-refractivity contribution is -0.153. The van der Waals surface area contributed by atoms with Gasteiger partial charge in [-0.2, -0.15) is 0 Å². The quantitative estimate of drug-likeness (QED) is 0.682. The van der Waals surface area contributed by atoms with Crippen molar-refractivity contribution >= 4 is 46.7 Å². The summed E-state index contributed by atoms with van der Waals surface area (Å²) in [7, 11) is 0. The highest BCUT2D eigenvalue weighted by atomic mass is 35.5. The summed E-state index contributed by atoms with van der Waals surface area (Å²) in [5, 5.41) is 3.36. The van der Waals surface area contributed by atoms with Crippen LogP contribution >= 0.6 is 23.2 Å². The van der Waals surface area contributed by atoms with Gasteiger partial charge >= 0.3 is 5.97 Å². The first-order valence-corrected chi connectivity index (χ1v) is 10.7. The van der Waals surface area contributed by atoms with Crippen LogP contribution in [0.15, 0.2) is 42.5 Å². The minimum absolute atomic E-state index is 0.244. The monoisotopic (exact) mass is 462 g/mol. The zero-order valence-electron chi connectivity index (χ0n) is 17.6. The Bertz CT molecular complexity index is 1020. The Morgan fingerprint density at radius 3 is 2.52 bits per heavy atom. The van der Waals surface area contributed by atoms with Gasteiger partial charge in [0, 0.05) is 11.3 Å². The molecule has 1 aliphatic rings. The predicted octanol–water partition coefficient (Wildman–Crippen LogP) is 4.41. The molecule has 0 spiro atoms. The summed E-state index contributed by atoms with van der Waals surface area (Å²) >= 11 is 11.9. The number of nitrogens with zero attached hydrogens (tertiary/aromatic N) is 1. The summed E-state index contributed by atoms with van der Waals surface area (Å²) in [5.74, 6) is -1.34. The Hall–Kier alpha value is -2.57. The number of amides is 2. The molecule has 0 saturated heterocycles. The van der Waals surface area contributed by atoms with Gasteiger partial charge in [0.25, 0.3) is 5.91 Å². The summed E-state index contributed by atoms with van der Waals surface area (Å²) in [6.07, 6.45) is 0.965. The predicted molar refractivity (Wildman–Crippen MR) is 121 cm³/mol. The molecule has 1 unspecified atom stereocenters. The molecule has 1 aliphatic heterocycles. The molecule has 2 amide bonds. The van der Waals surface area contributed by atoms with E-state index in [4.69, 9.17) is 27.9 Å². The van der Waals surface area contributed by atoms with E-state index >= 15 is 0 Å². The number of halogens is 2. The number of esters is 1. The largest absolute Gasteiger partial charge is 0.459 e. The molecule has 3 rings (SSSR count). The highest BCUT2D eigenvalue weighted by Gasteiger charge is 2.33. The Kier molecular flexibility index (Phi) is 6.92. The first-order valence-electron chi connectivity index (χ1n) is 9.92. The van der Waals surface area contributed by atoms with E-state index in [-0.39, 0.29) is 17.5 Å². The van der Waals surface area contributed by atoms with E-state index < -0.39 is 23.5 Å². The standard InChI is InChI=1S/C23H24Cl2N2O4/c1-23(2,3)31-20(28)13-27-19-7-5-4-6-14(19)9-11-18(22(27)30)26-21(29)15-8-10-16(24)17(25)12-15/h4-8,10,12,18H,9,11,13H2,1-3H3,(H,26,29). The number of rotatable bonds is 4.